The smallest absolute Gasteiger partial charge is 0.242 e. The van der Waals surface area contributed by atoms with Gasteiger partial charge in [-0.05, 0) is 55.2 Å². The number of rotatable bonds is 16. The van der Waals surface area contributed by atoms with Crippen LogP contribution in [-0.4, -0.2) is 59.6 Å². The lowest BCUT2D eigenvalue weighted by atomic mass is 10.2. The summed E-state index contributed by atoms with van der Waals surface area (Å²) in [6.07, 6.45) is 3.92. The molecule has 0 bridgehead atoms. The summed E-state index contributed by atoms with van der Waals surface area (Å²) in [5.41, 5.74) is 3.20. The number of hydrogen-bond acceptors (Lipinski definition) is 4. The van der Waals surface area contributed by atoms with Gasteiger partial charge in [-0.25, -0.2) is 0 Å². The van der Waals surface area contributed by atoms with E-state index in [1.54, 1.807) is 12.0 Å². The second-order valence-corrected chi connectivity index (χ2v) is 9.33. The average Bonchev–Trinajstić information content (AvgIpc) is 3.36. The molecule has 0 spiro atoms. The summed E-state index contributed by atoms with van der Waals surface area (Å²) in [5.74, 6) is 0.764. The van der Waals surface area contributed by atoms with Gasteiger partial charge in [0.05, 0.1) is 20.2 Å². The van der Waals surface area contributed by atoms with Crippen LogP contribution in [0.1, 0.15) is 49.9 Å². The second kappa shape index (κ2) is 15.6. The van der Waals surface area contributed by atoms with Gasteiger partial charge in [0.15, 0.2) is 0 Å². The SMILES string of the molecule is CCCC(=O)N(CCCOCC)CC(=O)N(Cc1ccccc1)Cc1cccn1Cc1cccc(OC)c1. The van der Waals surface area contributed by atoms with Crippen LogP contribution < -0.4 is 4.74 Å². The van der Waals surface area contributed by atoms with Gasteiger partial charge in [0, 0.05) is 51.2 Å². The summed E-state index contributed by atoms with van der Waals surface area (Å²) in [4.78, 5) is 30.1. The zero-order chi connectivity index (χ0) is 27.2. The summed E-state index contributed by atoms with van der Waals surface area (Å²) >= 11 is 0. The van der Waals surface area contributed by atoms with E-state index in [0.29, 0.717) is 52.2 Å². The number of nitrogens with zero attached hydrogens (tertiary/aromatic N) is 3. The highest BCUT2D eigenvalue weighted by Gasteiger charge is 2.22. The quantitative estimate of drug-likeness (QED) is 0.246. The van der Waals surface area contributed by atoms with Crippen molar-refractivity contribution in [2.75, 3.05) is 33.4 Å². The highest BCUT2D eigenvalue weighted by Crippen LogP contribution is 2.17. The summed E-state index contributed by atoms with van der Waals surface area (Å²) in [5, 5.41) is 0. The number of benzene rings is 2. The normalized spacial score (nSPS) is 10.8. The fourth-order valence-corrected chi connectivity index (χ4v) is 4.38. The number of amides is 2. The van der Waals surface area contributed by atoms with Crippen LogP contribution in [0.2, 0.25) is 0 Å². The standard InChI is InChI=1S/C31H41N3O4/c1-4-12-30(35)33(19-11-20-38-5-2)25-31(36)34(22-26-13-7-6-8-14-26)24-28-16-10-18-32(28)23-27-15-9-17-29(21-27)37-3/h6-10,13-18,21H,4-5,11-12,19-20,22-25H2,1-3H3. The third kappa shape index (κ3) is 9.06. The molecule has 7 heteroatoms. The van der Waals surface area contributed by atoms with Gasteiger partial charge in [0.1, 0.15) is 5.75 Å². The molecule has 0 atom stereocenters. The van der Waals surface area contributed by atoms with Gasteiger partial charge in [-0.15, -0.1) is 0 Å². The first-order valence-electron chi connectivity index (χ1n) is 13.5. The van der Waals surface area contributed by atoms with Crippen molar-refractivity contribution >= 4 is 11.8 Å². The molecule has 38 heavy (non-hydrogen) atoms. The molecule has 0 aliphatic carbocycles. The van der Waals surface area contributed by atoms with Crippen LogP contribution in [0.3, 0.4) is 0 Å². The topological polar surface area (TPSA) is 64.0 Å². The summed E-state index contributed by atoms with van der Waals surface area (Å²) in [7, 11) is 1.67. The average molecular weight is 520 g/mol. The van der Waals surface area contributed by atoms with Gasteiger partial charge in [-0.2, -0.15) is 0 Å². The van der Waals surface area contributed by atoms with Crippen molar-refractivity contribution in [2.45, 2.75) is 52.7 Å². The maximum Gasteiger partial charge on any atom is 0.242 e. The molecule has 0 saturated heterocycles. The number of carbonyl (C=O) groups excluding carboxylic acids is 2. The molecule has 0 aliphatic rings. The molecular weight excluding hydrogens is 478 g/mol. The number of methoxy groups -OCH3 is 1. The molecule has 0 N–H and O–H groups in total. The number of aromatic nitrogens is 1. The van der Waals surface area contributed by atoms with Crippen molar-refractivity contribution in [3.63, 3.8) is 0 Å². The number of carbonyl (C=O) groups is 2. The van der Waals surface area contributed by atoms with Crippen LogP contribution in [0.15, 0.2) is 72.9 Å². The van der Waals surface area contributed by atoms with E-state index in [1.807, 2.05) is 85.6 Å². The molecule has 0 saturated carbocycles. The minimum Gasteiger partial charge on any atom is -0.497 e. The predicted octanol–water partition coefficient (Wildman–Crippen LogP) is 5.13. The van der Waals surface area contributed by atoms with Crippen LogP contribution in [0.25, 0.3) is 0 Å². The molecule has 204 valence electrons. The van der Waals surface area contributed by atoms with E-state index in [1.165, 1.54) is 0 Å². The van der Waals surface area contributed by atoms with Crippen molar-refractivity contribution in [1.29, 1.82) is 0 Å². The van der Waals surface area contributed by atoms with Gasteiger partial charge >= 0.3 is 0 Å². The number of hydrogen-bond donors (Lipinski definition) is 0. The van der Waals surface area contributed by atoms with E-state index >= 15 is 0 Å². The zero-order valence-electron chi connectivity index (χ0n) is 23.0. The largest absolute Gasteiger partial charge is 0.497 e. The van der Waals surface area contributed by atoms with E-state index in [9.17, 15) is 9.59 Å². The molecule has 3 aromatic rings. The van der Waals surface area contributed by atoms with E-state index in [2.05, 4.69) is 10.6 Å². The fourth-order valence-electron chi connectivity index (χ4n) is 4.38. The third-order valence-electron chi connectivity index (χ3n) is 6.40. The van der Waals surface area contributed by atoms with Crippen molar-refractivity contribution < 1.29 is 19.1 Å². The maximum atomic E-state index is 13.7. The third-order valence-corrected chi connectivity index (χ3v) is 6.40. The number of ether oxygens (including phenoxy) is 2. The van der Waals surface area contributed by atoms with E-state index in [4.69, 9.17) is 9.47 Å². The Morgan fingerprint density at radius 1 is 0.868 bits per heavy atom. The molecule has 2 amide bonds. The first-order valence-corrected chi connectivity index (χ1v) is 13.5. The predicted molar refractivity (Wildman–Crippen MR) is 150 cm³/mol. The van der Waals surface area contributed by atoms with Crippen molar-refractivity contribution in [1.82, 2.24) is 14.4 Å². The molecule has 0 radical (unpaired) electrons. The van der Waals surface area contributed by atoms with E-state index in [0.717, 1.165) is 29.0 Å². The van der Waals surface area contributed by atoms with Gasteiger partial charge in [0.2, 0.25) is 11.8 Å². The Bertz CT molecular complexity index is 1130. The Balaban J connectivity index is 1.78. The fraction of sp³-hybridized carbons (Fsp3) is 0.419. The van der Waals surface area contributed by atoms with Crippen molar-refractivity contribution in [3.05, 3.63) is 89.7 Å². The summed E-state index contributed by atoms with van der Waals surface area (Å²) in [6, 6.07) is 22.0. The van der Waals surface area contributed by atoms with Crippen molar-refractivity contribution in [3.8, 4) is 5.75 Å². The van der Waals surface area contributed by atoms with E-state index < -0.39 is 0 Å². The second-order valence-electron chi connectivity index (χ2n) is 9.33. The van der Waals surface area contributed by atoms with Crippen LogP contribution in [0.4, 0.5) is 0 Å². The first-order chi connectivity index (χ1) is 18.5. The molecule has 3 rings (SSSR count). The van der Waals surface area contributed by atoms with E-state index in [-0.39, 0.29) is 18.4 Å². The molecule has 1 aromatic heterocycles. The highest BCUT2D eigenvalue weighted by molar-refractivity contribution is 5.84. The summed E-state index contributed by atoms with van der Waals surface area (Å²) < 4.78 is 13.0. The van der Waals surface area contributed by atoms with Crippen LogP contribution in [0, 0.1) is 0 Å². The maximum absolute atomic E-state index is 13.7. The first kappa shape index (κ1) is 29.0. The van der Waals surface area contributed by atoms with Gasteiger partial charge in [-0.3, -0.25) is 9.59 Å². The molecule has 0 fully saturated rings. The van der Waals surface area contributed by atoms with Gasteiger partial charge in [0.25, 0.3) is 0 Å². The highest BCUT2D eigenvalue weighted by atomic mass is 16.5. The van der Waals surface area contributed by atoms with Crippen LogP contribution in [-0.2, 0) is 34.0 Å². The monoisotopic (exact) mass is 519 g/mol. The van der Waals surface area contributed by atoms with Gasteiger partial charge in [-0.1, -0.05) is 49.4 Å². The van der Waals surface area contributed by atoms with Gasteiger partial charge < -0.3 is 23.8 Å². The Morgan fingerprint density at radius 2 is 1.66 bits per heavy atom. The van der Waals surface area contributed by atoms with Crippen LogP contribution >= 0.6 is 0 Å². The minimum absolute atomic E-state index is 0.0124. The summed E-state index contributed by atoms with van der Waals surface area (Å²) in [6.45, 7) is 7.31. The molecule has 2 aromatic carbocycles. The molecule has 0 aliphatic heterocycles. The Morgan fingerprint density at radius 3 is 2.39 bits per heavy atom. The lowest BCUT2D eigenvalue weighted by Gasteiger charge is -2.28. The lowest BCUT2D eigenvalue weighted by molar-refractivity contribution is -0.141. The zero-order valence-corrected chi connectivity index (χ0v) is 23.0. The molecule has 0 unspecified atom stereocenters. The molecule has 1 heterocycles. The lowest BCUT2D eigenvalue weighted by Crippen LogP contribution is -2.43. The van der Waals surface area contributed by atoms with Crippen LogP contribution in [0.5, 0.6) is 5.75 Å². The Hall–Kier alpha value is -3.58. The Kier molecular flexibility index (Phi) is 11.9. The molecule has 7 nitrogen and oxygen atoms in total. The van der Waals surface area contributed by atoms with Crippen molar-refractivity contribution in [2.24, 2.45) is 0 Å². The Labute approximate surface area is 227 Å². The molecular formula is C31H41N3O4. The minimum atomic E-state index is -0.0659.